The smallest absolute Gasteiger partial charge is 0.330 e. The SMILES string of the molecule is CCN(Cc1cccc(C(F)(F)F)c1)CC(C)CN. The molecule has 0 radical (unpaired) electrons. The van der Waals surface area contributed by atoms with Crippen LogP contribution in [0.15, 0.2) is 24.3 Å². The van der Waals surface area contributed by atoms with E-state index in [0.717, 1.165) is 19.2 Å². The average molecular weight is 274 g/mol. The Morgan fingerprint density at radius 3 is 2.53 bits per heavy atom. The minimum absolute atomic E-state index is 0.339. The van der Waals surface area contributed by atoms with Crippen molar-refractivity contribution < 1.29 is 13.2 Å². The molecule has 0 fully saturated rings. The van der Waals surface area contributed by atoms with E-state index < -0.39 is 11.7 Å². The number of alkyl halides is 3. The molecule has 1 unspecified atom stereocenters. The highest BCUT2D eigenvalue weighted by molar-refractivity contribution is 5.25. The maximum Gasteiger partial charge on any atom is 0.416 e. The van der Waals surface area contributed by atoms with Gasteiger partial charge in [0.2, 0.25) is 0 Å². The van der Waals surface area contributed by atoms with Crippen molar-refractivity contribution in [3.8, 4) is 0 Å². The summed E-state index contributed by atoms with van der Waals surface area (Å²) in [6.45, 7) is 6.72. The summed E-state index contributed by atoms with van der Waals surface area (Å²) in [7, 11) is 0. The first-order chi connectivity index (χ1) is 8.86. The lowest BCUT2D eigenvalue weighted by atomic mass is 10.1. The van der Waals surface area contributed by atoms with Gasteiger partial charge in [-0.2, -0.15) is 13.2 Å². The van der Waals surface area contributed by atoms with Gasteiger partial charge in [-0.05, 0) is 30.6 Å². The van der Waals surface area contributed by atoms with Gasteiger partial charge in [0, 0.05) is 13.1 Å². The van der Waals surface area contributed by atoms with Crippen LogP contribution in [-0.2, 0) is 12.7 Å². The van der Waals surface area contributed by atoms with Gasteiger partial charge in [-0.25, -0.2) is 0 Å². The summed E-state index contributed by atoms with van der Waals surface area (Å²) < 4.78 is 37.9. The molecule has 0 saturated heterocycles. The van der Waals surface area contributed by atoms with E-state index in [0.29, 0.717) is 24.6 Å². The quantitative estimate of drug-likeness (QED) is 0.863. The van der Waals surface area contributed by atoms with Crippen LogP contribution in [0.5, 0.6) is 0 Å². The Balaban J connectivity index is 2.75. The maximum absolute atomic E-state index is 12.6. The van der Waals surface area contributed by atoms with E-state index in [4.69, 9.17) is 5.73 Å². The van der Waals surface area contributed by atoms with Gasteiger partial charge in [-0.15, -0.1) is 0 Å². The molecule has 0 spiro atoms. The fourth-order valence-electron chi connectivity index (χ4n) is 1.92. The van der Waals surface area contributed by atoms with Crippen molar-refractivity contribution in [3.63, 3.8) is 0 Å². The van der Waals surface area contributed by atoms with Crippen molar-refractivity contribution in [3.05, 3.63) is 35.4 Å². The van der Waals surface area contributed by atoms with Crippen LogP contribution in [0.4, 0.5) is 13.2 Å². The molecule has 0 aromatic heterocycles. The normalized spacial score (nSPS) is 13.8. The molecule has 0 heterocycles. The third-order valence-corrected chi connectivity index (χ3v) is 3.08. The maximum atomic E-state index is 12.6. The first-order valence-electron chi connectivity index (χ1n) is 6.45. The average Bonchev–Trinajstić information content (AvgIpc) is 2.37. The standard InChI is InChI=1S/C14H21F3N2/c1-3-19(9-11(2)8-18)10-12-5-4-6-13(7-12)14(15,16)17/h4-7,11H,3,8-10,18H2,1-2H3. The third-order valence-electron chi connectivity index (χ3n) is 3.08. The fourth-order valence-corrected chi connectivity index (χ4v) is 1.92. The van der Waals surface area contributed by atoms with E-state index in [2.05, 4.69) is 4.90 Å². The predicted octanol–water partition coefficient (Wildman–Crippen LogP) is 3.12. The molecule has 0 aliphatic carbocycles. The van der Waals surface area contributed by atoms with E-state index in [1.807, 2.05) is 13.8 Å². The molecule has 1 atom stereocenters. The van der Waals surface area contributed by atoms with Crippen molar-refractivity contribution >= 4 is 0 Å². The number of benzene rings is 1. The molecule has 0 bridgehead atoms. The number of hydrogen-bond donors (Lipinski definition) is 1. The number of hydrogen-bond acceptors (Lipinski definition) is 2. The molecule has 0 aliphatic heterocycles. The zero-order chi connectivity index (χ0) is 14.5. The molecule has 0 amide bonds. The van der Waals surface area contributed by atoms with E-state index >= 15 is 0 Å². The van der Waals surface area contributed by atoms with Crippen LogP contribution in [0.3, 0.4) is 0 Å². The Morgan fingerprint density at radius 2 is 2.00 bits per heavy atom. The summed E-state index contributed by atoms with van der Waals surface area (Å²) in [6.07, 6.45) is -4.28. The molecule has 1 aromatic rings. The summed E-state index contributed by atoms with van der Waals surface area (Å²) in [5.41, 5.74) is 5.67. The Hall–Kier alpha value is -1.07. The van der Waals surface area contributed by atoms with Crippen molar-refractivity contribution in [1.29, 1.82) is 0 Å². The molecule has 2 nitrogen and oxygen atoms in total. The number of rotatable bonds is 6. The highest BCUT2D eigenvalue weighted by Gasteiger charge is 2.30. The van der Waals surface area contributed by atoms with Crippen LogP contribution in [0, 0.1) is 5.92 Å². The summed E-state index contributed by atoms with van der Waals surface area (Å²) in [6, 6.07) is 5.50. The monoisotopic (exact) mass is 274 g/mol. The van der Waals surface area contributed by atoms with Gasteiger partial charge < -0.3 is 5.73 Å². The molecule has 5 heteroatoms. The van der Waals surface area contributed by atoms with E-state index in [1.165, 1.54) is 12.1 Å². The zero-order valence-corrected chi connectivity index (χ0v) is 11.4. The molecule has 0 saturated carbocycles. The Morgan fingerprint density at radius 1 is 1.32 bits per heavy atom. The van der Waals surface area contributed by atoms with Gasteiger partial charge in [0.05, 0.1) is 5.56 Å². The first-order valence-corrected chi connectivity index (χ1v) is 6.45. The third kappa shape index (κ3) is 5.20. The molecule has 108 valence electrons. The van der Waals surface area contributed by atoms with Crippen LogP contribution in [0.2, 0.25) is 0 Å². The lowest BCUT2D eigenvalue weighted by Crippen LogP contribution is -2.31. The molecule has 1 rings (SSSR count). The second kappa shape index (κ2) is 6.91. The van der Waals surface area contributed by atoms with Crippen molar-refractivity contribution in [2.45, 2.75) is 26.6 Å². The second-order valence-electron chi connectivity index (χ2n) is 4.87. The second-order valence-corrected chi connectivity index (χ2v) is 4.87. The lowest BCUT2D eigenvalue weighted by Gasteiger charge is -2.24. The number of nitrogens with two attached hydrogens (primary N) is 1. The van der Waals surface area contributed by atoms with Gasteiger partial charge in [-0.3, -0.25) is 4.90 Å². The Bertz CT molecular complexity index is 391. The Labute approximate surface area is 112 Å². The van der Waals surface area contributed by atoms with Gasteiger partial charge in [0.15, 0.2) is 0 Å². The largest absolute Gasteiger partial charge is 0.416 e. The molecule has 1 aromatic carbocycles. The molecule has 0 aliphatic rings. The minimum atomic E-state index is -4.28. The summed E-state index contributed by atoms with van der Waals surface area (Å²) in [4.78, 5) is 2.10. The van der Waals surface area contributed by atoms with Crippen molar-refractivity contribution in [2.24, 2.45) is 11.7 Å². The fraction of sp³-hybridized carbons (Fsp3) is 0.571. The van der Waals surface area contributed by atoms with Crippen LogP contribution >= 0.6 is 0 Å². The zero-order valence-electron chi connectivity index (χ0n) is 11.4. The lowest BCUT2D eigenvalue weighted by molar-refractivity contribution is -0.137. The van der Waals surface area contributed by atoms with Gasteiger partial charge >= 0.3 is 6.18 Å². The number of halogens is 3. The van der Waals surface area contributed by atoms with Gasteiger partial charge in [-0.1, -0.05) is 32.0 Å². The van der Waals surface area contributed by atoms with Crippen molar-refractivity contribution in [2.75, 3.05) is 19.6 Å². The van der Waals surface area contributed by atoms with Crippen LogP contribution in [-0.4, -0.2) is 24.5 Å². The van der Waals surface area contributed by atoms with Crippen LogP contribution in [0.25, 0.3) is 0 Å². The molecular formula is C14H21F3N2. The van der Waals surface area contributed by atoms with E-state index in [9.17, 15) is 13.2 Å². The number of nitrogens with zero attached hydrogens (tertiary/aromatic N) is 1. The van der Waals surface area contributed by atoms with E-state index in [1.54, 1.807) is 6.07 Å². The highest BCUT2D eigenvalue weighted by Crippen LogP contribution is 2.29. The molecular weight excluding hydrogens is 253 g/mol. The predicted molar refractivity (Wildman–Crippen MR) is 70.6 cm³/mol. The van der Waals surface area contributed by atoms with Crippen molar-refractivity contribution in [1.82, 2.24) is 4.90 Å². The highest BCUT2D eigenvalue weighted by atomic mass is 19.4. The molecule has 19 heavy (non-hydrogen) atoms. The Kier molecular flexibility index (Phi) is 5.82. The minimum Gasteiger partial charge on any atom is -0.330 e. The topological polar surface area (TPSA) is 29.3 Å². The van der Waals surface area contributed by atoms with E-state index in [-0.39, 0.29) is 0 Å². The first kappa shape index (κ1) is 16.0. The van der Waals surface area contributed by atoms with Gasteiger partial charge in [0.1, 0.15) is 0 Å². The summed E-state index contributed by atoms with van der Waals surface area (Å²) in [5, 5.41) is 0. The van der Waals surface area contributed by atoms with Crippen LogP contribution < -0.4 is 5.73 Å². The molecule has 2 N–H and O–H groups in total. The summed E-state index contributed by atoms with van der Waals surface area (Å²) in [5.74, 6) is 0.339. The van der Waals surface area contributed by atoms with Crippen LogP contribution in [0.1, 0.15) is 25.0 Å². The van der Waals surface area contributed by atoms with Gasteiger partial charge in [0.25, 0.3) is 0 Å². The summed E-state index contributed by atoms with van der Waals surface area (Å²) >= 11 is 0.